The molecule has 180 valence electrons. The van der Waals surface area contributed by atoms with Crippen molar-refractivity contribution in [2.75, 3.05) is 44.2 Å². The maximum absolute atomic E-state index is 12.5. The first-order valence-corrected chi connectivity index (χ1v) is 12.8. The van der Waals surface area contributed by atoms with Gasteiger partial charge in [-0.1, -0.05) is 35.6 Å². The Morgan fingerprint density at radius 1 is 0.971 bits per heavy atom. The molecular weight excluding hydrogens is 456 g/mol. The number of rotatable bonds is 7. The molecule has 4 aromatic rings. The molecule has 0 saturated carbocycles. The van der Waals surface area contributed by atoms with Crippen LogP contribution in [0.4, 0.5) is 5.13 Å². The SMILES string of the molecule is Cc1cc(C)c2nc(N3CCN(CCNC(=O)c4ccc(Oc5ccccc5)cc4)CC3)sc2c1. The molecule has 1 fully saturated rings. The number of nitrogens with zero attached hydrogens (tertiary/aromatic N) is 3. The smallest absolute Gasteiger partial charge is 0.251 e. The van der Waals surface area contributed by atoms with Crippen LogP contribution in [0.3, 0.4) is 0 Å². The lowest BCUT2D eigenvalue weighted by Crippen LogP contribution is -2.48. The molecule has 1 amide bonds. The van der Waals surface area contributed by atoms with Gasteiger partial charge in [-0.2, -0.15) is 0 Å². The molecule has 0 bridgehead atoms. The van der Waals surface area contributed by atoms with E-state index in [0.29, 0.717) is 17.9 Å². The minimum absolute atomic E-state index is 0.0602. The Kier molecular flexibility index (Phi) is 6.97. The van der Waals surface area contributed by atoms with Crippen molar-refractivity contribution in [2.45, 2.75) is 13.8 Å². The summed E-state index contributed by atoms with van der Waals surface area (Å²) in [6.07, 6.45) is 0. The normalized spacial score (nSPS) is 14.3. The zero-order valence-corrected chi connectivity index (χ0v) is 21.0. The molecule has 2 heterocycles. The molecule has 1 aliphatic rings. The van der Waals surface area contributed by atoms with Gasteiger partial charge in [0.25, 0.3) is 5.91 Å². The van der Waals surface area contributed by atoms with Crippen LogP contribution < -0.4 is 15.0 Å². The first-order chi connectivity index (χ1) is 17.0. The number of aryl methyl sites for hydroxylation is 2. The molecule has 3 aromatic carbocycles. The second-order valence-corrected chi connectivity index (χ2v) is 9.96. The fraction of sp³-hybridized carbons (Fsp3) is 0.286. The van der Waals surface area contributed by atoms with E-state index in [1.165, 1.54) is 15.8 Å². The minimum Gasteiger partial charge on any atom is -0.457 e. The molecule has 1 aliphatic heterocycles. The largest absolute Gasteiger partial charge is 0.457 e. The third-order valence-corrected chi connectivity index (χ3v) is 7.33. The Morgan fingerprint density at radius 2 is 1.69 bits per heavy atom. The van der Waals surface area contributed by atoms with Crippen LogP contribution >= 0.6 is 11.3 Å². The number of benzene rings is 3. The van der Waals surface area contributed by atoms with Gasteiger partial charge < -0.3 is 15.0 Å². The molecule has 7 heteroatoms. The highest BCUT2D eigenvalue weighted by atomic mass is 32.1. The number of carbonyl (C=O) groups excluding carboxylic acids is 1. The van der Waals surface area contributed by atoms with E-state index in [1.54, 1.807) is 23.5 Å². The van der Waals surface area contributed by atoms with E-state index >= 15 is 0 Å². The lowest BCUT2D eigenvalue weighted by atomic mass is 10.1. The van der Waals surface area contributed by atoms with Crippen molar-refractivity contribution in [1.29, 1.82) is 0 Å². The summed E-state index contributed by atoms with van der Waals surface area (Å²) < 4.78 is 7.06. The molecule has 0 unspecified atom stereocenters. The Bertz CT molecular complexity index is 1300. The van der Waals surface area contributed by atoms with Crippen molar-refractivity contribution in [1.82, 2.24) is 15.2 Å². The number of aromatic nitrogens is 1. The Hall–Kier alpha value is -3.42. The highest BCUT2D eigenvalue weighted by Crippen LogP contribution is 2.32. The summed E-state index contributed by atoms with van der Waals surface area (Å²) in [5.41, 5.74) is 4.29. The lowest BCUT2D eigenvalue weighted by molar-refractivity contribution is 0.0948. The van der Waals surface area contributed by atoms with Crippen molar-refractivity contribution in [3.8, 4) is 11.5 Å². The van der Waals surface area contributed by atoms with Gasteiger partial charge >= 0.3 is 0 Å². The predicted octanol–water partition coefficient (Wildman–Crippen LogP) is 5.26. The molecular formula is C28H30N4O2S. The van der Waals surface area contributed by atoms with Crippen LogP contribution in [-0.2, 0) is 0 Å². The predicted molar refractivity (Wildman–Crippen MR) is 143 cm³/mol. The number of amides is 1. The summed E-state index contributed by atoms with van der Waals surface area (Å²) >= 11 is 1.78. The van der Waals surface area contributed by atoms with Crippen LogP contribution in [0, 0.1) is 13.8 Å². The summed E-state index contributed by atoms with van der Waals surface area (Å²) in [4.78, 5) is 22.2. The molecule has 0 radical (unpaired) electrons. The molecule has 0 spiro atoms. The number of nitrogens with one attached hydrogen (secondary N) is 1. The minimum atomic E-state index is -0.0602. The van der Waals surface area contributed by atoms with Gasteiger partial charge in [-0.05, 0) is 67.4 Å². The number of hydrogen-bond donors (Lipinski definition) is 1. The Morgan fingerprint density at radius 3 is 2.43 bits per heavy atom. The number of hydrogen-bond acceptors (Lipinski definition) is 6. The summed E-state index contributed by atoms with van der Waals surface area (Å²) in [5, 5.41) is 4.15. The van der Waals surface area contributed by atoms with E-state index < -0.39 is 0 Å². The maximum Gasteiger partial charge on any atom is 0.251 e. The lowest BCUT2D eigenvalue weighted by Gasteiger charge is -2.34. The molecule has 0 atom stereocenters. The summed E-state index contributed by atoms with van der Waals surface area (Å²) in [6, 6.07) is 21.3. The van der Waals surface area contributed by atoms with Crippen LogP contribution in [0.15, 0.2) is 66.7 Å². The van der Waals surface area contributed by atoms with Crippen LogP contribution in [0.25, 0.3) is 10.2 Å². The summed E-state index contributed by atoms with van der Waals surface area (Å²) in [5.74, 6) is 1.43. The second kappa shape index (κ2) is 10.5. The number of thiazole rings is 1. The molecule has 1 saturated heterocycles. The number of anilines is 1. The van der Waals surface area contributed by atoms with Gasteiger partial charge in [-0.15, -0.1) is 0 Å². The standard InChI is InChI=1S/C28H30N4O2S/c1-20-18-21(2)26-25(19-20)35-28(30-26)32-16-14-31(15-17-32)13-12-29-27(33)22-8-10-24(11-9-22)34-23-6-4-3-5-7-23/h3-11,18-19H,12-17H2,1-2H3,(H,29,33). The van der Waals surface area contributed by atoms with Crippen molar-refractivity contribution >= 4 is 32.6 Å². The number of ether oxygens (including phenoxy) is 1. The highest BCUT2D eigenvalue weighted by molar-refractivity contribution is 7.22. The quantitative estimate of drug-likeness (QED) is 0.386. The zero-order chi connectivity index (χ0) is 24.2. The third-order valence-electron chi connectivity index (χ3n) is 6.27. The van der Waals surface area contributed by atoms with Crippen LogP contribution in [0.1, 0.15) is 21.5 Å². The maximum atomic E-state index is 12.5. The van der Waals surface area contributed by atoms with Crippen molar-refractivity contribution in [3.63, 3.8) is 0 Å². The van der Waals surface area contributed by atoms with Gasteiger partial charge in [0.2, 0.25) is 0 Å². The van der Waals surface area contributed by atoms with Gasteiger partial charge in [-0.3, -0.25) is 9.69 Å². The molecule has 1 N–H and O–H groups in total. The first-order valence-electron chi connectivity index (χ1n) is 12.0. The van der Waals surface area contributed by atoms with E-state index in [1.807, 2.05) is 42.5 Å². The average Bonchev–Trinajstić information content (AvgIpc) is 3.30. The third kappa shape index (κ3) is 5.63. The fourth-order valence-electron chi connectivity index (χ4n) is 4.39. The van der Waals surface area contributed by atoms with Crippen LogP contribution in [0.5, 0.6) is 11.5 Å². The van der Waals surface area contributed by atoms with Crippen LogP contribution in [0.2, 0.25) is 0 Å². The summed E-state index contributed by atoms with van der Waals surface area (Å²) in [7, 11) is 0. The molecule has 1 aromatic heterocycles. The average molecular weight is 487 g/mol. The summed E-state index contributed by atoms with van der Waals surface area (Å²) in [6.45, 7) is 9.58. The van der Waals surface area contributed by atoms with Gasteiger partial charge in [0.1, 0.15) is 11.5 Å². The number of para-hydroxylation sites is 1. The van der Waals surface area contributed by atoms with Crippen molar-refractivity contribution in [2.24, 2.45) is 0 Å². The van der Waals surface area contributed by atoms with E-state index in [-0.39, 0.29) is 5.91 Å². The second-order valence-electron chi connectivity index (χ2n) is 8.95. The highest BCUT2D eigenvalue weighted by Gasteiger charge is 2.20. The van der Waals surface area contributed by atoms with Gasteiger partial charge in [-0.25, -0.2) is 4.98 Å². The monoisotopic (exact) mass is 486 g/mol. The van der Waals surface area contributed by atoms with Gasteiger partial charge in [0, 0.05) is 44.8 Å². The van der Waals surface area contributed by atoms with Gasteiger partial charge in [0.15, 0.2) is 5.13 Å². The van der Waals surface area contributed by atoms with E-state index in [0.717, 1.165) is 49.1 Å². The topological polar surface area (TPSA) is 57.7 Å². The van der Waals surface area contributed by atoms with E-state index in [2.05, 4.69) is 41.1 Å². The van der Waals surface area contributed by atoms with Crippen LogP contribution in [-0.4, -0.2) is 55.1 Å². The number of carbonyl (C=O) groups is 1. The Balaban J connectivity index is 1.07. The molecule has 6 nitrogen and oxygen atoms in total. The zero-order valence-electron chi connectivity index (χ0n) is 20.2. The van der Waals surface area contributed by atoms with Crippen molar-refractivity contribution in [3.05, 3.63) is 83.4 Å². The van der Waals surface area contributed by atoms with Gasteiger partial charge in [0.05, 0.1) is 10.2 Å². The molecule has 5 rings (SSSR count). The molecule has 0 aliphatic carbocycles. The van der Waals surface area contributed by atoms with E-state index in [4.69, 9.17) is 9.72 Å². The first kappa shape index (κ1) is 23.3. The van der Waals surface area contributed by atoms with E-state index in [9.17, 15) is 4.79 Å². The number of piperazine rings is 1. The number of fused-ring (bicyclic) bond motifs is 1. The Labute approximate surface area is 210 Å². The molecule has 35 heavy (non-hydrogen) atoms. The van der Waals surface area contributed by atoms with Crippen molar-refractivity contribution < 1.29 is 9.53 Å². The fourth-order valence-corrected chi connectivity index (χ4v) is 5.58.